The Morgan fingerprint density at radius 1 is 0.531 bits per heavy atom. The third kappa shape index (κ3) is 5.32. The molecular formula is C29H28N2O. The second-order valence-corrected chi connectivity index (χ2v) is 7.91. The Labute approximate surface area is 190 Å². The minimum atomic E-state index is -0.393. The van der Waals surface area contributed by atoms with Crippen LogP contribution in [0.25, 0.3) is 0 Å². The standard InChI is InChI=1S/C29H28N2O/c1-22(30-27(23-14-6-2-7-15-23)24-16-8-3-9-17-24)29(32)31-28(25-18-10-4-11-19-25)26-20-12-5-13-21-26/h2-22,27-28,30H,1H3,(H,31,32)/t22-/m0/s1. The van der Waals surface area contributed by atoms with Crippen molar-refractivity contribution in [3.8, 4) is 0 Å². The molecule has 0 saturated heterocycles. The summed E-state index contributed by atoms with van der Waals surface area (Å²) >= 11 is 0. The fourth-order valence-corrected chi connectivity index (χ4v) is 3.92. The van der Waals surface area contributed by atoms with Crippen molar-refractivity contribution in [2.75, 3.05) is 0 Å². The lowest BCUT2D eigenvalue weighted by Crippen LogP contribution is -2.45. The van der Waals surface area contributed by atoms with Crippen molar-refractivity contribution in [3.05, 3.63) is 144 Å². The van der Waals surface area contributed by atoms with Gasteiger partial charge in [-0.1, -0.05) is 121 Å². The molecule has 4 aromatic rings. The Kier molecular flexibility index (Phi) is 7.11. The van der Waals surface area contributed by atoms with E-state index in [1.54, 1.807) is 0 Å². The van der Waals surface area contributed by atoms with E-state index in [9.17, 15) is 4.79 Å². The highest BCUT2D eigenvalue weighted by molar-refractivity contribution is 5.82. The molecule has 0 heterocycles. The molecule has 0 fully saturated rings. The Hall–Kier alpha value is -3.69. The van der Waals surface area contributed by atoms with Crippen LogP contribution in [-0.2, 0) is 4.79 Å². The molecule has 0 aliphatic rings. The predicted molar refractivity (Wildman–Crippen MR) is 130 cm³/mol. The Morgan fingerprint density at radius 2 is 0.844 bits per heavy atom. The van der Waals surface area contributed by atoms with Crippen molar-refractivity contribution >= 4 is 5.91 Å². The van der Waals surface area contributed by atoms with Crippen molar-refractivity contribution in [1.82, 2.24) is 10.6 Å². The van der Waals surface area contributed by atoms with Gasteiger partial charge in [0.05, 0.1) is 18.1 Å². The van der Waals surface area contributed by atoms with Gasteiger partial charge >= 0.3 is 0 Å². The summed E-state index contributed by atoms with van der Waals surface area (Å²) < 4.78 is 0. The van der Waals surface area contributed by atoms with E-state index in [4.69, 9.17) is 0 Å². The van der Waals surface area contributed by atoms with E-state index in [-0.39, 0.29) is 18.0 Å². The normalized spacial score (nSPS) is 12.0. The van der Waals surface area contributed by atoms with Crippen molar-refractivity contribution in [2.45, 2.75) is 25.0 Å². The van der Waals surface area contributed by atoms with Gasteiger partial charge in [0.15, 0.2) is 0 Å². The molecule has 3 nitrogen and oxygen atoms in total. The van der Waals surface area contributed by atoms with E-state index in [0.717, 1.165) is 22.3 Å². The second kappa shape index (κ2) is 10.6. The van der Waals surface area contributed by atoms with Crippen LogP contribution in [0.1, 0.15) is 41.3 Å². The van der Waals surface area contributed by atoms with Gasteiger partial charge < -0.3 is 5.32 Å². The summed E-state index contributed by atoms with van der Waals surface area (Å²) in [5.74, 6) is -0.0421. The number of carbonyl (C=O) groups excluding carboxylic acids is 1. The fourth-order valence-electron chi connectivity index (χ4n) is 3.92. The first-order valence-electron chi connectivity index (χ1n) is 11.0. The van der Waals surface area contributed by atoms with Crippen LogP contribution in [0.4, 0.5) is 0 Å². The zero-order chi connectivity index (χ0) is 22.2. The fraction of sp³-hybridized carbons (Fsp3) is 0.138. The molecule has 32 heavy (non-hydrogen) atoms. The summed E-state index contributed by atoms with van der Waals surface area (Å²) in [4.78, 5) is 13.3. The minimum Gasteiger partial charge on any atom is -0.344 e. The number of benzene rings is 4. The molecule has 1 amide bonds. The molecule has 0 aliphatic heterocycles. The van der Waals surface area contributed by atoms with Crippen LogP contribution >= 0.6 is 0 Å². The Morgan fingerprint density at radius 3 is 1.19 bits per heavy atom. The van der Waals surface area contributed by atoms with Gasteiger partial charge in [0.25, 0.3) is 0 Å². The topological polar surface area (TPSA) is 41.1 Å². The van der Waals surface area contributed by atoms with E-state index in [0.29, 0.717) is 0 Å². The molecule has 0 bridgehead atoms. The van der Waals surface area contributed by atoms with Gasteiger partial charge in [-0.25, -0.2) is 0 Å². The molecule has 2 N–H and O–H groups in total. The maximum absolute atomic E-state index is 13.3. The number of amides is 1. The lowest BCUT2D eigenvalue weighted by Gasteiger charge is -2.26. The molecule has 0 spiro atoms. The number of nitrogens with one attached hydrogen (secondary N) is 2. The summed E-state index contributed by atoms with van der Waals surface area (Å²) in [6.07, 6.45) is 0. The van der Waals surface area contributed by atoms with Crippen molar-refractivity contribution < 1.29 is 4.79 Å². The smallest absolute Gasteiger partial charge is 0.237 e. The SMILES string of the molecule is C[C@H](NC(c1ccccc1)c1ccccc1)C(=O)NC(c1ccccc1)c1ccccc1. The van der Waals surface area contributed by atoms with Crippen molar-refractivity contribution in [3.63, 3.8) is 0 Å². The van der Waals surface area contributed by atoms with Gasteiger partial charge in [0.1, 0.15) is 0 Å². The molecule has 160 valence electrons. The highest BCUT2D eigenvalue weighted by Gasteiger charge is 2.24. The lowest BCUT2D eigenvalue weighted by molar-refractivity contribution is -0.123. The van der Waals surface area contributed by atoms with Gasteiger partial charge in [0, 0.05) is 0 Å². The van der Waals surface area contributed by atoms with E-state index in [1.807, 2.05) is 104 Å². The summed E-state index contributed by atoms with van der Waals surface area (Å²) in [5.41, 5.74) is 4.37. The summed E-state index contributed by atoms with van der Waals surface area (Å²) in [6, 6.07) is 40.0. The van der Waals surface area contributed by atoms with Crippen LogP contribution in [0.2, 0.25) is 0 Å². The molecule has 4 aromatic carbocycles. The van der Waals surface area contributed by atoms with Crippen molar-refractivity contribution in [1.29, 1.82) is 0 Å². The highest BCUT2D eigenvalue weighted by atomic mass is 16.2. The first-order valence-corrected chi connectivity index (χ1v) is 11.0. The van der Waals surface area contributed by atoms with E-state index in [1.165, 1.54) is 0 Å². The Bertz CT molecular complexity index is 1020. The van der Waals surface area contributed by atoms with Crippen LogP contribution < -0.4 is 10.6 Å². The molecular weight excluding hydrogens is 392 g/mol. The van der Waals surface area contributed by atoms with Crippen LogP contribution in [-0.4, -0.2) is 11.9 Å². The van der Waals surface area contributed by atoms with E-state index >= 15 is 0 Å². The third-order valence-corrected chi connectivity index (χ3v) is 5.63. The second-order valence-electron chi connectivity index (χ2n) is 7.91. The van der Waals surface area contributed by atoms with E-state index in [2.05, 4.69) is 34.9 Å². The highest BCUT2D eigenvalue weighted by Crippen LogP contribution is 2.24. The van der Waals surface area contributed by atoms with Gasteiger partial charge in [-0.2, -0.15) is 0 Å². The number of hydrogen-bond donors (Lipinski definition) is 2. The van der Waals surface area contributed by atoms with Crippen LogP contribution in [0.15, 0.2) is 121 Å². The molecule has 1 atom stereocenters. The number of hydrogen-bond acceptors (Lipinski definition) is 2. The molecule has 0 aliphatic carbocycles. The quantitative estimate of drug-likeness (QED) is 0.386. The van der Waals surface area contributed by atoms with Crippen LogP contribution in [0.3, 0.4) is 0 Å². The Balaban J connectivity index is 1.56. The van der Waals surface area contributed by atoms with Gasteiger partial charge in [-0.3, -0.25) is 10.1 Å². The van der Waals surface area contributed by atoms with Crippen LogP contribution in [0.5, 0.6) is 0 Å². The average molecular weight is 421 g/mol. The summed E-state index contributed by atoms with van der Waals surface area (Å²) in [6.45, 7) is 1.92. The number of carbonyl (C=O) groups is 1. The average Bonchev–Trinajstić information content (AvgIpc) is 2.87. The first-order chi connectivity index (χ1) is 15.7. The lowest BCUT2D eigenvalue weighted by atomic mass is 9.97. The summed E-state index contributed by atoms with van der Waals surface area (Å²) in [5, 5.41) is 6.80. The van der Waals surface area contributed by atoms with E-state index < -0.39 is 6.04 Å². The molecule has 0 aromatic heterocycles. The summed E-state index contributed by atoms with van der Waals surface area (Å²) in [7, 11) is 0. The largest absolute Gasteiger partial charge is 0.344 e. The first kappa shape index (κ1) is 21.5. The maximum atomic E-state index is 13.3. The number of rotatable bonds is 8. The van der Waals surface area contributed by atoms with Crippen molar-refractivity contribution in [2.24, 2.45) is 0 Å². The van der Waals surface area contributed by atoms with Crippen LogP contribution in [0, 0.1) is 0 Å². The molecule has 0 saturated carbocycles. The zero-order valence-corrected chi connectivity index (χ0v) is 18.2. The zero-order valence-electron chi connectivity index (χ0n) is 18.2. The molecule has 0 radical (unpaired) electrons. The van der Waals surface area contributed by atoms with Gasteiger partial charge in [-0.15, -0.1) is 0 Å². The maximum Gasteiger partial charge on any atom is 0.237 e. The third-order valence-electron chi connectivity index (χ3n) is 5.63. The minimum absolute atomic E-state index is 0.0421. The molecule has 3 heteroatoms. The monoisotopic (exact) mass is 420 g/mol. The van der Waals surface area contributed by atoms with Gasteiger partial charge in [-0.05, 0) is 29.2 Å². The molecule has 4 rings (SSSR count). The molecule has 0 unspecified atom stereocenters. The van der Waals surface area contributed by atoms with Gasteiger partial charge in [0.2, 0.25) is 5.91 Å². The predicted octanol–water partition coefficient (Wildman–Crippen LogP) is 5.66.